The van der Waals surface area contributed by atoms with Gasteiger partial charge in [0.1, 0.15) is 6.29 Å². The molecule has 92 valence electrons. The molecule has 1 aromatic rings. The maximum absolute atomic E-state index is 13.2. The molecular weight excluding hydrogens is 277 g/mol. The first-order chi connectivity index (χ1) is 7.81. The van der Waals surface area contributed by atoms with E-state index in [1.165, 1.54) is 10.8 Å². The number of carbonyl (C=O) groups excluding carboxylic acids is 2. The van der Waals surface area contributed by atoms with Gasteiger partial charge in [0.2, 0.25) is 0 Å². The highest BCUT2D eigenvalue weighted by atomic mass is 35.7. The van der Waals surface area contributed by atoms with Gasteiger partial charge in [0.15, 0.2) is 11.6 Å². The van der Waals surface area contributed by atoms with Crippen LogP contribution in [-0.2, 0) is 9.24 Å². The Hall–Kier alpha value is -1.67. The molecule has 1 amide bonds. The highest BCUT2D eigenvalue weighted by Crippen LogP contribution is 2.17. The Morgan fingerprint density at radius 3 is 2.59 bits per heavy atom. The van der Waals surface area contributed by atoms with E-state index in [-0.39, 0.29) is 5.56 Å². The van der Waals surface area contributed by atoms with Crippen LogP contribution in [0.3, 0.4) is 0 Å². The molecule has 0 unspecified atom stereocenters. The molecular formula is C8H5ClFNO5S. The normalized spacial score (nSPS) is 10.7. The smallest absolute Gasteiger partial charge is 0.406 e. The van der Waals surface area contributed by atoms with E-state index in [0.29, 0.717) is 6.29 Å². The van der Waals surface area contributed by atoms with E-state index < -0.39 is 26.9 Å². The van der Waals surface area contributed by atoms with Gasteiger partial charge in [-0.25, -0.2) is 13.9 Å². The summed E-state index contributed by atoms with van der Waals surface area (Å²) in [6.07, 6.45) is -1.06. The van der Waals surface area contributed by atoms with Crippen molar-refractivity contribution in [2.45, 2.75) is 0 Å². The molecule has 0 bridgehead atoms. The molecule has 0 spiro atoms. The van der Waals surface area contributed by atoms with Gasteiger partial charge in [-0.3, -0.25) is 4.79 Å². The molecule has 0 aliphatic rings. The molecule has 0 heterocycles. The Morgan fingerprint density at radius 2 is 2.12 bits per heavy atom. The minimum absolute atomic E-state index is 0.0419. The fraction of sp³-hybridized carbons (Fsp3) is 0. The maximum atomic E-state index is 13.2. The minimum Gasteiger partial charge on any atom is -0.406 e. The number of halogens is 2. The number of hydrogen-bond acceptors (Lipinski definition) is 5. The van der Waals surface area contributed by atoms with Crippen molar-refractivity contribution in [2.24, 2.45) is 0 Å². The third-order valence-electron chi connectivity index (χ3n) is 1.50. The lowest BCUT2D eigenvalue weighted by atomic mass is 10.2. The first-order valence-corrected chi connectivity index (χ1v) is 6.31. The number of benzene rings is 1. The molecule has 9 heteroatoms. The molecule has 1 N–H and O–H groups in total. The van der Waals surface area contributed by atoms with E-state index in [4.69, 9.17) is 10.7 Å². The summed E-state index contributed by atoms with van der Waals surface area (Å²) in [6.45, 7) is 0. The Balaban J connectivity index is 2.82. The van der Waals surface area contributed by atoms with Gasteiger partial charge in [0.05, 0.1) is 0 Å². The van der Waals surface area contributed by atoms with Gasteiger partial charge >= 0.3 is 15.3 Å². The van der Waals surface area contributed by atoms with Crippen molar-refractivity contribution in [2.75, 3.05) is 0 Å². The third kappa shape index (κ3) is 4.37. The second kappa shape index (κ2) is 5.11. The van der Waals surface area contributed by atoms with Gasteiger partial charge in [-0.05, 0) is 18.2 Å². The molecule has 0 aromatic heterocycles. The van der Waals surface area contributed by atoms with Crippen molar-refractivity contribution >= 4 is 32.3 Å². The molecule has 0 saturated carbocycles. The number of amides is 1. The summed E-state index contributed by atoms with van der Waals surface area (Å²) >= 11 is 0. The third-order valence-corrected chi connectivity index (χ3v) is 2.14. The zero-order valence-electron chi connectivity index (χ0n) is 8.01. The lowest BCUT2D eigenvalue weighted by Gasteiger charge is -2.05. The lowest BCUT2D eigenvalue weighted by Crippen LogP contribution is -2.29. The van der Waals surface area contributed by atoms with E-state index in [9.17, 15) is 22.4 Å². The maximum Gasteiger partial charge on any atom is 0.427 e. The summed E-state index contributed by atoms with van der Waals surface area (Å²) < 4.78 is 39.6. The van der Waals surface area contributed by atoms with Gasteiger partial charge in [-0.1, -0.05) is 0 Å². The van der Waals surface area contributed by atoms with Gasteiger partial charge in [0.25, 0.3) is 0 Å². The van der Waals surface area contributed by atoms with Crippen molar-refractivity contribution in [1.29, 1.82) is 0 Å². The van der Waals surface area contributed by atoms with E-state index in [2.05, 4.69) is 4.74 Å². The van der Waals surface area contributed by atoms with Crippen molar-refractivity contribution in [3.8, 4) is 5.75 Å². The van der Waals surface area contributed by atoms with Gasteiger partial charge in [0, 0.05) is 16.2 Å². The molecule has 6 nitrogen and oxygen atoms in total. The number of rotatable bonds is 3. The number of ether oxygens (including phenoxy) is 1. The monoisotopic (exact) mass is 281 g/mol. The lowest BCUT2D eigenvalue weighted by molar-refractivity contribution is 0.112. The van der Waals surface area contributed by atoms with Crippen LogP contribution in [0.2, 0.25) is 0 Å². The first-order valence-electron chi connectivity index (χ1n) is 4.01. The summed E-state index contributed by atoms with van der Waals surface area (Å²) in [4.78, 5) is 21.2. The van der Waals surface area contributed by atoms with Crippen LogP contribution >= 0.6 is 10.7 Å². The van der Waals surface area contributed by atoms with Crippen LogP contribution in [0.1, 0.15) is 10.4 Å². The fourth-order valence-electron chi connectivity index (χ4n) is 0.893. The van der Waals surface area contributed by atoms with Crippen LogP contribution in [-0.4, -0.2) is 20.8 Å². The van der Waals surface area contributed by atoms with Crippen LogP contribution in [0.4, 0.5) is 9.18 Å². The predicted octanol–water partition coefficient (Wildman–Crippen LogP) is 1.21. The molecule has 0 fully saturated rings. The largest absolute Gasteiger partial charge is 0.427 e. The van der Waals surface area contributed by atoms with Crippen molar-refractivity contribution in [1.82, 2.24) is 4.72 Å². The number of hydrogen-bond donors (Lipinski definition) is 1. The van der Waals surface area contributed by atoms with E-state index in [1.54, 1.807) is 0 Å². The zero-order valence-corrected chi connectivity index (χ0v) is 9.59. The van der Waals surface area contributed by atoms with E-state index in [1.807, 2.05) is 0 Å². The zero-order chi connectivity index (χ0) is 13.1. The summed E-state index contributed by atoms with van der Waals surface area (Å²) in [6, 6.07) is 3.01. The highest BCUT2D eigenvalue weighted by molar-refractivity contribution is 8.12. The molecule has 0 radical (unpaired) electrons. The van der Waals surface area contributed by atoms with E-state index in [0.717, 1.165) is 12.1 Å². The molecule has 1 rings (SSSR count). The SMILES string of the molecule is O=Cc1ccc(OC(=O)NS(=O)(=O)Cl)c(F)c1. The van der Waals surface area contributed by atoms with Crippen LogP contribution in [0.25, 0.3) is 0 Å². The molecule has 0 atom stereocenters. The van der Waals surface area contributed by atoms with Crippen molar-refractivity contribution in [3.05, 3.63) is 29.6 Å². The molecule has 0 aliphatic carbocycles. The molecule has 1 aromatic carbocycles. The Morgan fingerprint density at radius 1 is 1.47 bits per heavy atom. The highest BCUT2D eigenvalue weighted by Gasteiger charge is 2.15. The second-order valence-electron chi connectivity index (χ2n) is 2.74. The number of aldehydes is 1. The Labute approximate surface area is 99.9 Å². The average Bonchev–Trinajstić information content (AvgIpc) is 2.18. The summed E-state index contributed by atoms with van der Waals surface area (Å²) in [5, 5.41) is 0. The quantitative estimate of drug-likeness (QED) is 0.664. The second-order valence-corrected chi connectivity index (χ2v) is 5.04. The van der Waals surface area contributed by atoms with Crippen LogP contribution in [0, 0.1) is 5.82 Å². The first kappa shape index (κ1) is 13.4. The summed E-state index contributed by atoms with van der Waals surface area (Å²) in [5.74, 6) is -1.52. The standard InChI is InChI=1S/C8H5ClFNO5S/c9-17(14,15)11-8(13)16-7-2-1-5(4-12)3-6(7)10/h1-4H,(H,11,13). The number of nitrogens with one attached hydrogen (secondary N) is 1. The predicted molar refractivity (Wildman–Crippen MR) is 55.7 cm³/mol. The topological polar surface area (TPSA) is 89.5 Å². The Bertz CT molecular complexity index is 559. The molecule has 0 aliphatic heterocycles. The van der Waals surface area contributed by atoms with Crippen molar-refractivity contribution < 1.29 is 27.1 Å². The van der Waals surface area contributed by atoms with E-state index >= 15 is 0 Å². The van der Waals surface area contributed by atoms with Gasteiger partial charge in [-0.2, -0.15) is 8.42 Å². The van der Waals surface area contributed by atoms with Crippen LogP contribution in [0.15, 0.2) is 18.2 Å². The minimum atomic E-state index is -4.30. The average molecular weight is 282 g/mol. The van der Waals surface area contributed by atoms with Gasteiger partial charge in [-0.15, -0.1) is 0 Å². The van der Waals surface area contributed by atoms with Crippen LogP contribution < -0.4 is 9.46 Å². The van der Waals surface area contributed by atoms with Crippen LogP contribution in [0.5, 0.6) is 5.75 Å². The molecule has 0 saturated heterocycles. The summed E-state index contributed by atoms with van der Waals surface area (Å²) in [5.41, 5.74) is 0.0419. The van der Waals surface area contributed by atoms with Crippen molar-refractivity contribution in [3.63, 3.8) is 0 Å². The van der Waals surface area contributed by atoms with Gasteiger partial charge < -0.3 is 4.74 Å². The Kier molecular flexibility index (Phi) is 4.02. The summed E-state index contributed by atoms with van der Waals surface area (Å²) in [7, 11) is 0.402. The number of carbonyl (C=O) groups is 2. The fourth-order valence-corrected chi connectivity index (χ4v) is 1.32. The molecule has 17 heavy (non-hydrogen) atoms.